The lowest BCUT2D eigenvalue weighted by molar-refractivity contribution is 0.133. The Labute approximate surface area is 211 Å². The number of phenolic OH excluding ortho intramolecular Hbond substituents is 1. The first-order valence-electron chi connectivity index (χ1n) is 11.6. The largest absolute Gasteiger partial charge is 0.507 e. The molecule has 0 amide bonds. The molecule has 1 saturated heterocycles. The maximum atomic E-state index is 13.5. The van der Waals surface area contributed by atoms with Crippen LogP contribution >= 0.6 is 12.2 Å². The molecule has 0 aliphatic carbocycles. The summed E-state index contributed by atoms with van der Waals surface area (Å²) in [6, 6.07) is 11.3. The van der Waals surface area contributed by atoms with E-state index in [-0.39, 0.29) is 32.7 Å². The normalized spacial score (nSPS) is 15.5. The number of hydrogen-bond donors (Lipinski definition) is 2. The molecule has 2 N–H and O–H groups in total. The molecular formula is C24H31N5O4S2. The zero-order valence-electron chi connectivity index (χ0n) is 20.1. The van der Waals surface area contributed by atoms with Crippen molar-refractivity contribution in [3.8, 4) is 22.9 Å². The molecule has 3 aromatic rings. The third-order valence-corrected chi connectivity index (χ3v) is 8.29. The van der Waals surface area contributed by atoms with Crippen molar-refractivity contribution >= 4 is 22.2 Å². The van der Waals surface area contributed by atoms with Crippen molar-refractivity contribution in [2.75, 3.05) is 46.4 Å². The first-order chi connectivity index (χ1) is 16.7. The second-order valence-corrected chi connectivity index (χ2v) is 11.2. The fraction of sp³-hybridized carbons (Fsp3) is 0.417. The zero-order valence-corrected chi connectivity index (χ0v) is 21.8. The van der Waals surface area contributed by atoms with Gasteiger partial charge in [-0.25, -0.2) is 8.42 Å². The Bertz CT molecular complexity index is 1320. The zero-order chi connectivity index (χ0) is 25.2. The number of rotatable bonds is 8. The van der Waals surface area contributed by atoms with Gasteiger partial charge in [0.15, 0.2) is 5.82 Å². The van der Waals surface area contributed by atoms with E-state index in [1.807, 2.05) is 13.8 Å². The number of likely N-dealkylation sites (N-methyl/N-ethyl adjacent to an activating group) is 1. The summed E-state index contributed by atoms with van der Waals surface area (Å²) in [5.74, 6) is 0.730. The van der Waals surface area contributed by atoms with Crippen LogP contribution < -0.4 is 4.74 Å². The number of nitrogens with one attached hydrogen (secondary N) is 1. The molecule has 11 heteroatoms. The molecular weight excluding hydrogens is 486 g/mol. The number of phenols is 1. The maximum absolute atomic E-state index is 13.5. The lowest BCUT2D eigenvalue weighted by atomic mass is 10.00. The van der Waals surface area contributed by atoms with E-state index in [0.29, 0.717) is 12.4 Å². The second-order valence-electron chi connectivity index (χ2n) is 9.02. The van der Waals surface area contributed by atoms with Crippen molar-refractivity contribution in [1.29, 1.82) is 0 Å². The van der Waals surface area contributed by atoms with E-state index in [1.54, 1.807) is 24.3 Å². The summed E-state index contributed by atoms with van der Waals surface area (Å²) in [7, 11) is -1.96. The van der Waals surface area contributed by atoms with Crippen molar-refractivity contribution in [3.05, 3.63) is 52.8 Å². The highest BCUT2D eigenvalue weighted by molar-refractivity contribution is 7.90. The predicted octanol–water partition coefficient (Wildman–Crippen LogP) is 3.30. The molecule has 0 saturated carbocycles. The first-order valence-corrected chi connectivity index (χ1v) is 13.4. The minimum atomic E-state index is -4.08. The SMILES string of the molecule is CC(C)c1ccc(O)c(-c2n[nH]c(=S)n2S(=O)(=O)c2ccc(OCCN3CCN(C)CC3)cc2)c1. The number of H-pyrrole nitrogens is 1. The third kappa shape index (κ3) is 5.58. The summed E-state index contributed by atoms with van der Waals surface area (Å²) in [5, 5.41) is 17.1. The molecule has 2 heterocycles. The van der Waals surface area contributed by atoms with Crippen molar-refractivity contribution in [2.45, 2.75) is 24.7 Å². The summed E-state index contributed by atoms with van der Waals surface area (Å²) in [4.78, 5) is 4.70. The van der Waals surface area contributed by atoms with E-state index in [9.17, 15) is 13.5 Å². The third-order valence-electron chi connectivity index (χ3n) is 6.20. The van der Waals surface area contributed by atoms with Crippen molar-refractivity contribution in [1.82, 2.24) is 24.0 Å². The molecule has 0 bridgehead atoms. The summed E-state index contributed by atoms with van der Waals surface area (Å²) in [6.45, 7) is 9.49. The Hall–Kier alpha value is -2.73. The smallest absolute Gasteiger partial charge is 0.271 e. The van der Waals surface area contributed by atoms with Gasteiger partial charge in [0.05, 0.1) is 10.5 Å². The van der Waals surface area contributed by atoms with Crippen LogP contribution in [0.15, 0.2) is 47.4 Å². The van der Waals surface area contributed by atoms with Crippen LogP contribution in [0, 0.1) is 4.77 Å². The number of benzene rings is 2. The van der Waals surface area contributed by atoms with Gasteiger partial charge in [-0.1, -0.05) is 19.9 Å². The van der Waals surface area contributed by atoms with Crippen LogP contribution in [0.1, 0.15) is 25.3 Å². The van der Waals surface area contributed by atoms with Crippen LogP contribution in [-0.2, 0) is 10.0 Å². The summed E-state index contributed by atoms with van der Waals surface area (Å²) >= 11 is 5.25. The van der Waals surface area contributed by atoms with Crippen LogP contribution in [0.25, 0.3) is 11.4 Å². The Morgan fingerprint density at radius 3 is 2.46 bits per heavy atom. The second kappa shape index (κ2) is 10.5. The number of piperazine rings is 1. The van der Waals surface area contributed by atoms with Crippen molar-refractivity contribution in [3.63, 3.8) is 0 Å². The number of hydrogen-bond acceptors (Lipinski definition) is 8. The molecule has 1 aromatic heterocycles. The van der Waals surface area contributed by atoms with E-state index in [0.717, 1.165) is 42.3 Å². The Morgan fingerprint density at radius 1 is 1.11 bits per heavy atom. The average molecular weight is 518 g/mol. The highest BCUT2D eigenvalue weighted by Gasteiger charge is 2.25. The van der Waals surface area contributed by atoms with E-state index in [4.69, 9.17) is 17.0 Å². The fourth-order valence-electron chi connectivity index (χ4n) is 3.95. The Kier molecular flexibility index (Phi) is 7.60. The van der Waals surface area contributed by atoms with Gasteiger partial charge in [0.1, 0.15) is 18.1 Å². The molecule has 0 atom stereocenters. The first kappa shape index (κ1) is 25.4. The lowest BCUT2D eigenvalue weighted by Gasteiger charge is -2.32. The van der Waals surface area contributed by atoms with Crippen LogP contribution in [-0.4, -0.2) is 83.9 Å². The standard InChI is InChI=1S/C24H31N5O4S2/c1-17(2)18-4-9-22(30)21(16-18)23-25-26-24(34)29(23)35(31,32)20-7-5-19(6-8-20)33-15-14-28-12-10-27(3)11-13-28/h4-9,16-17,30H,10-15H2,1-3H3,(H,26,34). The minimum absolute atomic E-state index is 0.0301. The fourth-order valence-corrected chi connectivity index (χ4v) is 5.69. The lowest BCUT2D eigenvalue weighted by Crippen LogP contribution is -2.45. The van der Waals surface area contributed by atoms with Gasteiger partial charge >= 0.3 is 0 Å². The van der Waals surface area contributed by atoms with Crippen molar-refractivity contribution in [2.24, 2.45) is 0 Å². The highest BCUT2D eigenvalue weighted by Crippen LogP contribution is 2.33. The van der Waals surface area contributed by atoms with Gasteiger partial charge in [-0.15, -0.1) is 0 Å². The van der Waals surface area contributed by atoms with Crippen LogP contribution in [0.3, 0.4) is 0 Å². The van der Waals surface area contributed by atoms with Gasteiger partial charge in [-0.05, 0) is 67.1 Å². The average Bonchev–Trinajstić information content (AvgIpc) is 3.23. The van der Waals surface area contributed by atoms with E-state index in [1.165, 1.54) is 18.2 Å². The Balaban J connectivity index is 1.53. The summed E-state index contributed by atoms with van der Waals surface area (Å²) in [5.41, 5.74) is 1.23. The van der Waals surface area contributed by atoms with Crippen LogP contribution in [0.4, 0.5) is 0 Å². The summed E-state index contributed by atoms with van der Waals surface area (Å²) < 4.78 is 33.7. The van der Waals surface area contributed by atoms with Gasteiger partial charge in [0.2, 0.25) is 4.77 Å². The molecule has 0 radical (unpaired) electrons. The molecule has 0 unspecified atom stereocenters. The number of aromatic hydroxyl groups is 1. The van der Waals surface area contributed by atoms with Crippen LogP contribution in [0.2, 0.25) is 0 Å². The van der Waals surface area contributed by atoms with Gasteiger partial charge in [-0.2, -0.15) is 9.07 Å². The van der Waals surface area contributed by atoms with Gasteiger partial charge in [0.25, 0.3) is 10.0 Å². The number of ether oxygens (including phenoxy) is 1. The molecule has 1 fully saturated rings. The molecule has 2 aromatic carbocycles. The molecule has 1 aliphatic heterocycles. The Morgan fingerprint density at radius 2 is 1.80 bits per heavy atom. The van der Waals surface area contributed by atoms with Gasteiger partial charge < -0.3 is 14.7 Å². The van der Waals surface area contributed by atoms with E-state index < -0.39 is 10.0 Å². The maximum Gasteiger partial charge on any atom is 0.271 e. The number of nitrogens with zero attached hydrogens (tertiary/aromatic N) is 4. The predicted molar refractivity (Wildman–Crippen MR) is 137 cm³/mol. The molecule has 9 nitrogen and oxygen atoms in total. The van der Waals surface area contributed by atoms with Crippen LogP contribution in [0.5, 0.6) is 11.5 Å². The van der Waals surface area contributed by atoms with E-state index >= 15 is 0 Å². The van der Waals surface area contributed by atoms with Gasteiger partial charge in [-0.3, -0.25) is 10.00 Å². The molecule has 188 valence electrons. The molecule has 0 spiro atoms. The molecule has 1 aliphatic rings. The molecule has 4 rings (SSSR count). The highest BCUT2D eigenvalue weighted by atomic mass is 32.2. The monoisotopic (exact) mass is 517 g/mol. The number of aromatic amines is 1. The quantitative estimate of drug-likeness (QED) is 0.439. The number of aromatic nitrogens is 3. The minimum Gasteiger partial charge on any atom is -0.507 e. The molecule has 35 heavy (non-hydrogen) atoms. The van der Waals surface area contributed by atoms with E-state index in [2.05, 4.69) is 27.0 Å². The van der Waals surface area contributed by atoms with Gasteiger partial charge in [0, 0.05) is 32.7 Å². The van der Waals surface area contributed by atoms with Crippen molar-refractivity contribution < 1.29 is 18.3 Å². The topological polar surface area (TPSA) is 104 Å². The summed E-state index contributed by atoms with van der Waals surface area (Å²) in [6.07, 6.45) is 0.